The molecule has 0 fully saturated rings. The first-order valence-electron chi connectivity index (χ1n) is 15.7. The van der Waals surface area contributed by atoms with Crippen molar-refractivity contribution in [1.29, 1.82) is 0 Å². The van der Waals surface area contributed by atoms with Crippen molar-refractivity contribution in [1.82, 2.24) is 0 Å². The van der Waals surface area contributed by atoms with Gasteiger partial charge in [-0.15, -0.1) is 0 Å². The van der Waals surface area contributed by atoms with Crippen LogP contribution < -0.4 is 28.4 Å². The van der Waals surface area contributed by atoms with Crippen molar-refractivity contribution in [2.24, 2.45) is 0 Å². The molecule has 0 aromatic heterocycles. The summed E-state index contributed by atoms with van der Waals surface area (Å²) in [5, 5.41) is 41.4. The lowest BCUT2D eigenvalue weighted by Crippen LogP contribution is -2.28. The molecule has 0 bridgehead atoms. The van der Waals surface area contributed by atoms with Crippen LogP contribution in [0.2, 0.25) is 0 Å². The Labute approximate surface area is 299 Å². The summed E-state index contributed by atoms with van der Waals surface area (Å²) < 4.78 is 32.8. The number of benzene rings is 3. The molecule has 0 saturated heterocycles. The summed E-state index contributed by atoms with van der Waals surface area (Å²) in [6.07, 6.45) is 6.85. The Balaban J connectivity index is 0.000000269. The number of hydrogen-bond acceptors (Lipinski definition) is 13. The molecule has 2 aliphatic heterocycles. The monoisotopic (exact) mass is 718 g/mol. The quantitative estimate of drug-likeness (QED) is 0.0835. The fourth-order valence-corrected chi connectivity index (χ4v) is 5.27. The highest BCUT2D eigenvalue weighted by Crippen LogP contribution is 2.48. The molecule has 0 aliphatic carbocycles. The van der Waals surface area contributed by atoms with E-state index >= 15 is 0 Å². The van der Waals surface area contributed by atoms with Crippen molar-refractivity contribution in [3.05, 3.63) is 90.5 Å². The molecule has 0 amide bonds. The number of nitro benzene ring substituents is 2. The molecule has 0 unspecified atom stereocenters. The number of aliphatic hydroxyl groups is 2. The van der Waals surface area contributed by atoms with Gasteiger partial charge < -0.3 is 38.6 Å². The summed E-state index contributed by atoms with van der Waals surface area (Å²) in [7, 11) is 4.26. The molecule has 52 heavy (non-hydrogen) atoms. The Hall–Kier alpha value is -6.11. The molecule has 3 aromatic carbocycles. The third-order valence-corrected chi connectivity index (χ3v) is 7.80. The molecule has 0 spiro atoms. The Bertz CT molecular complexity index is 2020. The first-order chi connectivity index (χ1) is 24.6. The molecule has 15 nitrogen and oxygen atoms in total. The maximum absolute atomic E-state index is 12.8. The lowest BCUT2D eigenvalue weighted by molar-refractivity contribution is -0.386. The molecular formula is C37H38N2O13. The van der Waals surface area contributed by atoms with E-state index in [0.29, 0.717) is 33.9 Å². The summed E-state index contributed by atoms with van der Waals surface area (Å²) >= 11 is 0. The first-order valence-corrected chi connectivity index (χ1v) is 15.7. The zero-order valence-corrected chi connectivity index (χ0v) is 29.6. The molecular weight excluding hydrogens is 680 g/mol. The Morgan fingerprint density at radius 2 is 1.38 bits per heavy atom. The van der Waals surface area contributed by atoms with Crippen LogP contribution in [0, 0.1) is 32.1 Å². The summed E-state index contributed by atoms with van der Waals surface area (Å²) in [4.78, 5) is 34.4. The van der Waals surface area contributed by atoms with Crippen molar-refractivity contribution in [2.75, 3.05) is 27.9 Å². The van der Waals surface area contributed by atoms with Crippen LogP contribution in [-0.4, -0.2) is 65.0 Å². The minimum atomic E-state index is -0.742. The topological polar surface area (TPSA) is 199 Å². The molecule has 15 heteroatoms. The predicted octanol–water partition coefficient (Wildman–Crippen LogP) is 5.83. The molecule has 2 N–H and O–H groups in total. The maximum Gasteiger partial charge on any atom is 0.315 e. The number of carbonyl (C=O) groups is 1. The average molecular weight is 719 g/mol. The van der Waals surface area contributed by atoms with E-state index in [-0.39, 0.29) is 59.6 Å². The average Bonchev–Trinajstić information content (AvgIpc) is 3.10. The van der Waals surface area contributed by atoms with Gasteiger partial charge in [-0.1, -0.05) is 12.0 Å². The number of fused-ring (bicyclic) bond motifs is 2. The highest BCUT2D eigenvalue weighted by molar-refractivity contribution is 6.12. The van der Waals surface area contributed by atoms with E-state index in [1.165, 1.54) is 27.4 Å². The number of carbonyl (C=O) groups excluding carboxylic acids is 1. The lowest BCUT2D eigenvalue weighted by Gasteiger charge is -2.29. The van der Waals surface area contributed by atoms with E-state index in [9.17, 15) is 35.2 Å². The second-order valence-corrected chi connectivity index (χ2v) is 12.4. The summed E-state index contributed by atoms with van der Waals surface area (Å²) in [5.41, 5.74) is -0.0236. The number of aliphatic hydroxyl groups excluding tert-OH is 2. The highest BCUT2D eigenvalue weighted by atomic mass is 16.6. The summed E-state index contributed by atoms with van der Waals surface area (Å²) in [6, 6.07) is 7.23. The predicted molar refractivity (Wildman–Crippen MR) is 189 cm³/mol. The molecule has 5 rings (SSSR count). The van der Waals surface area contributed by atoms with Crippen LogP contribution >= 0.6 is 0 Å². The second kappa shape index (κ2) is 15.8. The van der Waals surface area contributed by atoms with E-state index in [1.807, 2.05) is 19.9 Å². The van der Waals surface area contributed by atoms with Gasteiger partial charge in [-0.3, -0.25) is 25.0 Å². The van der Waals surface area contributed by atoms with Crippen molar-refractivity contribution < 1.29 is 53.3 Å². The van der Waals surface area contributed by atoms with Crippen LogP contribution in [0.4, 0.5) is 11.4 Å². The highest BCUT2D eigenvalue weighted by Gasteiger charge is 2.35. The second-order valence-electron chi connectivity index (χ2n) is 12.4. The number of Topliss-reactive ketones (excluding diaryl/α,β-unsaturated/α-hetero) is 1. The molecule has 2 aliphatic rings. The standard InChI is InChI=1S/C24H23NO8.C13H15NO5/c1-24(2)9-8-18-20(25(29)30)12-19(22(31-3)23(18)33-24)21(28)5-4-10-32-17-7-6-15(13-26)16(11-17)14-27;1-13(2)6-5-8-11(19-13)9(14(15)16)7-10(17-3)12(8)18-4/h6-9,11-12,26-27H,10,13-14H2,1-3H3;5-7H,1-4H3. The lowest BCUT2D eigenvalue weighted by atomic mass is 9.97. The number of nitrogens with zero attached hydrogens (tertiary/aromatic N) is 2. The van der Waals surface area contributed by atoms with Crippen molar-refractivity contribution in [3.63, 3.8) is 0 Å². The number of rotatable bonds is 10. The normalized spacial score (nSPS) is 14.0. The van der Waals surface area contributed by atoms with Crippen LogP contribution in [0.5, 0.6) is 34.5 Å². The molecule has 0 radical (unpaired) electrons. The van der Waals surface area contributed by atoms with Crippen molar-refractivity contribution >= 4 is 29.3 Å². The third-order valence-electron chi connectivity index (χ3n) is 7.80. The number of ether oxygens (including phenoxy) is 6. The number of methoxy groups -OCH3 is 3. The van der Waals surface area contributed by atoms with Crippen molar-refractivity contribution in [2.45, 2.75) is 52.1 Å². The minimum absolute atomic E-state index is 0.0698. The third kappa shape index (κ3) is 8.43. The smallest absolute Gasteiger partial charge is 0.315 e. The SMILES string of the molecule is COc1c(C(=O)C#CCOc2ccc(CO)c(CO)c2)cc([N+](=O)[O-])c2c1OC(C)(C)C=C2.COc1cc([N+](=O)[O-])c2c(c1OC)C=CC(C)(C)O2. The van der Waals surface area contributed by atoms with Gasteiger partial charge >= 0.3 is 5.69 Å². The Morgan fingerprint density at radius 1 is 0.788 bits per heavy atom. The number of nitro groups is 2. The Kier molecular flexibility index (Phi) is 11.8. The van der Waals surface area contributed by atoms with E-state index in [0.717, 1.165) is 6.07 Å². The van der Waals surface area contributed by atoms with Crippen molar-refractivity contribution in [3.8, 4) is 46.3 Å². The van der Waals surface area contributed by atoms with E-state index in [1.54, 1.807) is 50.3 Å². The van der Waals surface area contributed by atoms with Crippen LogP contribution in [0.1, 0.15) is 60.3 Å². The minimum Gasteiger partial charge on any atom is -0.493 e. The van der Waals surface area contributed by atoms with Crippen LogP contribution in [-0.2, 0) is 13.2 Å². The molecule has 0 saturated carbocycles. The van der Waals surface area contributed by atoms with Gasteiger partial charge in [0.15, 0.2) is 23.0 Å². The molecule has 3 aromatic rings. The molecule has 274 valence electrons. The zero-order valence-electron chi connectivity index (χ0n) is 29.6. The summed E-state index contributed by atoms with van der Waals surface area (Å²) in [6.45, 7) is 6.59. The van der Waals surface area contributed by atoms with Gasteiger partial charge in [-0.05, 0) is 81.2 Å². The fraction of sp³-hybridized carbons (Fsp3) is 0.324. The van der Waals surface area contributed by atoms with Gasteiger partial charge in [-0.25, -0.2) is 0 Å². The van der Waals surface area contributed by atoms with E-state index in [2.05, 4.69) is 11.8 Å². The van der Waals surface area contributed by atoms with E-state index in [4.69, 9.17) is 28.4 Å². The first kappa shape index (κ1) is 38.7. The number of ketones is 1. The molecule has 2 heterocycles. The van der Waals surface area contributed by atoms with Crippen LogP contribution in [0.3, 0.4) is 0 Å². The van der Waals surface area contributed by atoms with Crippen LogP contribution in [0.15, 0.2) is 42.5 Å². The van der Waals surface area contributed by atoms with Gasteiger partial charge in [-0.2, -0.15) is 0 Å². The van der Waals surface area contributed by atoms with Gasteiger partial charge in [0.1, 0.15) is 23.6 Å². The van der Waals surface area contributed by atoms with Crippen LogP contribution in [0.25, 0.3) is 12.2 Å². The largest absolute Gasteiger partial charge is 0.493 e. The summed E-state index contributed by atoms with van der Waals surface area (Å²) in [5.74, 6) is 5.82. The Morgan fingerprint density at radius 3 is 1.94 bits per heavy atom. The maximum atomic E-state index is 12.8. The van der Waals surface area contributed by atoms with Gasteiger partial charge in [0.25, 0.3) is 5.69 Å². The number of hydrogen-bond donors (Lipinski definition) is 2. The van der Waals surface area contributed by atoms with Gasteiger partial charge in [0.2, 0.25) is 11.5 Å². The van der Waals surface area contributed by atoms with Gasteiger partial charge in [0.05, 0.1) is 67.1 Å². The zero-order chi connectivity index (χ0) is 38.4. The fourth-order valence-electron chi connectivity index (χ4n) is 5.27. The molecule has 0 atom stereocenters. The van der Waals surface area contributed by atoms with Gasteiger partial charge in [0, 0.05) is 6.07 Å². The van der Waals surface area contributed by atoms with E-state index < -0.39 is 26.8 Å².